The molecule has 1 atom stereocenters. The van der Waals surface area contributed by atoms with Crippen molar-refractivity contribution in [2.24, 2.45) is 0 Å². The molecule has 13 heavy (non-hydrogen) atoms. The largest absolute Gasteiger partial charge is 0.327 e. The fraction of sp³-hybridized carbons (Fsp3) is 0.250. The van der Waals surface area contributed by atoms with Crippen molar-refractivity contribution in [3.63, 3.8) is 0 Å². The molecule has 4 nitrogen and oxygen atoms in total. The second-order valence-corrected chi connectivity index (χ2v) is 4.56. The lowest BCUT2D eigenvalue weighted by atomic mass is 10.2. The van der Waals surface area contributed by atoms with Gasteiger partial charge in [0, 0.05) is 18.3 Å². The van der Waals surface area contributed by atoms with Crippen LogP contribution in [-0.2, 0) is 10.7 Å². The molecule has 0 fully saturated rings. The van der Waals surface area contributed by atoms with Crippen LogP contribution in [0.4, 0.5) is 5.69 Å². The Balaban J connectivity index is 2.81. The van der Waals surface area contributed by atoms with Gasteiger partial charge < -0.3 is 4.57 Å². The zero-order valence-corrected chi connectivity index (χ0v) is 8.19. The average molecular weight is 199 g/mol. The fourth-order valence-electron chi connectivity index (χ4n) is 1.02. The topological polar surface area (TPSA) is 60.2 Å². The van der Waals surface area contributed by atoms with Gasteiger partial charge in [0.05, 0.1) is 12.7 Å². The smallest absolute Gasteiger partial charge is 0.269 e. The minimum atomic E-state index is -1.54. The van der Waals surface area contributed by atoms with E-state index in [0.29, 0.717) is 6.16 Å². The summed E-state index contributed by atoms with van der Waals surface area (Å²) >= 11 is 0. The summed E-state index contributed by atoms with van der Waals surface area (Å²) in [5.74, 6) is 0. The molecule has 0 heterocycles. The second-order valence-electron chi connectivity index (χ2n) is 2.80. The van der Waals surface area contributed by atoms with E-state index < -0.39 is 12.7 Å². The van der Waals surface area contributed by atoms with Crippen LogP contribution in [0.1, 0.15) is 5.56 Å². The summed E-state index contributed by atoms with van der Waals surface area (Å²) in [6.07, 6.45) is 0.517. The van der Waals surface area contributed by atoms with E-state index in [1.807, 2.05) is 0 Å². The molecular weight excluding hydrogens is 189 g/mol. The summed E-state index contributed by atoms with van der Waals surface area (Å²) in [5.41, 5.74) is 0.955. The summed E-state index contributed by atoms with van der Waals surface area (Å²) in [5, 5.41) is 10.3. The van der Waals surface area contributed by atoms with Crippen molar-refractivity contribution in [3.05, 3.63) is 39.9 Å². The minimum Gasteiger partial charge on any atom is -0.327 e. The molecule has 0 N–H and O–H groups in total. The molecule has 0 radical (unpaired) electrons. The molecule has 0 aliphatic heterocycles. The molecule has 1 unspecified atom stereocenters. The molecule has 0 aliphatic rings. The van der Waals surface area contributed by atoms with Gasteiger partial charge in [0.15, 0.2) is 0 Å². The highest BCUT2D eigenvalue weighted by molar-refractivity contribution is 7.42. The van der Waals surface area contributed by atoms with Gasteiger partial charge in [-0.05, 0) is 12.2 Å². The SMILES string of the molecule is C[PH](=O)Cc1ccc([N+](=O)[O-])cc1. The molecule has 1 aromatic rings. The van der Waals surface area contributed by atoms with Gasteiger partial charge >= 0.3 is 0 Å². The lowest BCUT2D eigenvalue weighted by Crippen LogP contribution is -1.87. The van der Waals surface area contributed by atoms with Gasteiger partial charge in [-0.2, -0.15) is 0 Å². The van der Waals surface area contributed by atoms with Crippen LogP contribution in [0.2, 0.25) is 0 Å². The van der Waals surface area contributed by atoms with Crippen molar-refractivity contribution in [1.29, 1.82) is 0 Å². The van der Waals surface area contributed by atoms with E-state index in [9.17, 15) is 14.7 Å². The van der Waals surface area contributed by atoms with Gasteiger partial charge in [-0.1, -0.05) is 12.1 Å². The molecule has 1 rings (SSSR count). The Labute approximate surface area is 76.5 Å². The van der Waals surface area contributed by atoms with E-state index in [1.54, 1.807) is 18.8 Å². The molecule has 70 valence electrons. The van der Waals surface area contributed by atoms with Crippen LogP contribution >= 0.6 is 7.80 Å². The predicted octanol–water partition coefficient (Wildman–Crippen LogP) is 2.28. The Bertz CT molecular complexity index is 334. The monoisotopic (exact) mass is 199 g/mol. The van der Waals surface area contributed by atoms with Crippen LogP contribution < -0.4 is 0 Å². The fourth-order valence-corrected chi connectivity index (χ4v) is 1.83. The summed E-state index contributed by atoms with van der Waals surface area (Å²) in [7, 11) is -1.54. The van der Waals surface area contributed by atoms with Gasteiger partial charge in [-0.15, -0.1) is 0 Å². The molecule has 1 aromatic carbocycles. The maximum absolute atomic E-state index is 10.9. The highest BCUT2D eigenvalue weighted by atomic mass is 31.1. The maximum atomic E-state index is 10.9. The van der Waals surface area contributed by atoms with Crippen LogP contribution in [0.25, 0.3) is 0 Å². The maximum Gasteiger partial charge on any atom is 0.269 e. The van der Waals surface area contributed by atoms with Gasteiger partial charge in [0.25, 0.3) is 5.69 Å². The van der Waals surface area contributed by atoms with Gasteiger partial charge in [0.2, 0.25) is 0 Å². The number of non-ortho nitro benzene ring substituents is 1. The van der Waals surface area contributed by atoms with Crippen molar-refractivity contribution in [1.82, 2.24) is 0 Å². The molecule has 0 spiro atoms. The highest BCUT2D eigenvalue weighted by Gasteiger charge is 2.03. The third-order valence-corrected chi connectivity index (χ3v) is 2.51. The predicted molar refractivity (Wildman–Crippen MR) is 51.7 cm³/mol. The zero-order chi connectivity index (χ0) is 9.84. The first-order valence-electron chi connectivity index (χ1n) is 3.82. The average Bonchev–Trinajstić information content (AvgIpc) is 2.04. The number of nitrogens with zero attached hydrogens (tertiary/aromatic N) is 1. The normalized spacial score (nSPS) is 12.4. The van der Waals surface area contributed by atoms with Crippen molar-refractivity contribution >= 4 is 13.5 Å². The Morgan fingerprint density at radius 1 is 1.38 bits per heavy atom. The molecule has 0 aliphatic carbocycles. The molecule has 0 saturated heterocycles. The molecule has 0 saturated carbocycles. The summed E-state index contributed by atoms with van der Waals surface area (Å²) in [6, 6.07) is 6.15. The van der Waals surface area contributed by atoms with E-state index in [-0.39, 0.29) is 5.69 Å². The van der Waals surface area contributed by atoms with Crippen LogP contribution in [0.5, 0.6) is 0 Å². The van der Waals surface area contributed by atoms with Crippen molar-refractivity contribution < 1.29 is 9.49 Å². The Morgan fingerprint density at radius 2 is 1.92 bits per heavy atom. The number of rotatable bonds is 3. The standard InChI is InChI=1S/C8H10NO3P/c1-13(12)6-7-2-4-8(5-3-7)9(10)11/h2-5,13H,6H2,1H3. The highest BCUT2D eigenvalue weighted by Crippen LogP contribution is 2.22. The molecule has 0 bridgehead atoms. The van der Waals surface area contributed by atoms with Crippen molar-refractivity contribution in [2.45, 2.75) is 6.16 Å². The van der Waals surface area contributed by atoms with Gasteiger partial charge in [-0.3, -0.25) is 10.1 Å². The lowest BCUT2D eigenvalue weighted by molar-refractivity contribution is -0.384. The molecular formula is C8H10NO3P. The van der Waals surface area contributed by atoms with Gasteiger partial charge in [0.1, 0.15) is 0 Å². The van der Waals surface area contributed by atoms with Crippen LogP contribution in [0.3, 0.4) is 0 Å². The Hall–Kier alpha value is -1.15. The van der Waals surface area contributed by atoms with Crippen molar-refractivity contribution in [2.75, 3.05) is 6.66 Å². The minimum absolute atomic E-state index is 0.0690. The van der Waals surface area contributed by atoms with Gasteiger partial charge in [-0.25, -0.2) is 0 Å². The molecule has 0 aromatic heterocycles. The van der Waals surface area contributed by atoms with Crippen LogP contribution in [0.15, 0.2) is 24.3 Å². The summed E-state index contributed by atoms with van der Waals surface area (Å²) in [6.45, 7) is 1.67. The van der Waals surface area contributed by atoms with E-state index in [0.717, 1.165) is 5.56 Å². The van der Waals surface area contributed by atoms with E-state index >= 15 is 0 Å². The third kappa shape index (κ3) is 2.99. The number of hydrogen-bond acceptors (Lipinski definition) is 3. The van der Waals surface area contributed by atoms with Crippen LogP contribution in [0, 0.1) is 10.1 Å². The number of nitro groups is 1. The third-order valence-electron chi connectivity index (χ3n) is 1.60. The summed E-state index contributed by atoms with van der Waals surface area (Å²) in [4.78, 5) is 9.84. The first kappa shape index (κ1) is 9.93. The molecule has 5 heteroatoms. The number of hydrogen-bond donors (Lipinski definition) is 0. The quantitative estimate of drug-likeness (QED) is 0.426. The number of nitro benzene ring substituents is 1. The molecule has 0 amide bonds. The first-order chi connectivity index (χ1) is 6.09. The Kier molecular flexibility index (Phi) is 3.20. The van der Waals surface area contributed by atoms with Crippen molar-refractivity contribution in [3.8, 4) is 0 Å². The van der Waals surface area contributed by atoms with E-state index in [4.69, 9.17) is 0 Å². The summed E-state index contributed by atoms with van der Waals surface area (Å²) < 4.78 is 10.9. The number of benzene rings is 1. The lowest BCUT2D eigenvalue weighted by Gasteiger charge is -1.96. The first-order valence-corrected chi connectivity index (χ1v) is 5.94. The van der Waals surface area contributed by atoms with E-state index in [2.05, 4.69) is 0 Å². The van der Waals surface area contributed by atoms with E-state index in [1.165, 1.54) is 12.1 Å². The van der Waals surface area contributed by atoms with Crippen LogP contribution in [-0.4, -0.2) is 11.6 Å². The second kappa shape index (κ2) is 4.19. The Morgan fingerprint density at radius 3 is 2.31 bits per heavy atom. The zero-order valence-electron chi connectivity index (χ0n) is 7.19.